The van der Waals surface area contributed by atoms with Crippen LogP contribution in [0.25, 0.3) is 0 Å². The third-order valence-corrected chi connectivity index (χ3v) is 4.63. The molecule has 0 saturated carbocycles. The fourth-order valence-corrected chi connectivity index (χ4v) is 2.83. The Morgan fingerprint density at radius 2 is 1.81 bits per heavy atom. The zero-order valence-electron chi connectivity index (χ0n) is 17.0. The van der Waals surface area contributed by atoms with Gasteiger partial charge in [0.2, 0.25) is 0 Å². The molecule has 2 amide bonds. The number of hydrogen-bond acceptors (Lipinski definition) is 3. The SMILES string of the molecule is COc1ccc(CN(C)C(=O)NC(C)c2ccc(C(C)(C)C)cc2)cc1O. The fraction of sp³-hybridized carbons (Fsp3) is 0.409. The van der Waals surface area contributed by atoms with Crippen LogP contribution < -0.4 is 10.1 Å². The zero-order chi connectivity index (χ0) is 20.2. The number of amides is 2. The molecule has 1 atom stereocenters. The summed E-state index contributed by atoms with van der Waals surface area (Å²) in [5.41, 5.74) is 3.26. The first kappa shape index (κ1) is 20.6. The number of urea groups is 1. The van der Waals surface area contributed by atoms with E-state index in [2.05, 4.69) is 50.4 Å². The van der Waals surface area contributed by atoms with Crippen molar-refractivity contribution in [2.75, 3.05) is 14.2 Å². The minimum atomic E-state index is -0.169. The van der Waals surface area contributed by atoms with Crippen LogP contribution in [0.2, 0.25) is 0 Å². The number of carbonyl (C=O) groups excluding carboxylic acids is 1. The molecule has 5 nitrogen and oxygen atoms in total. The molecular weight excluding hydrogens is 340 g/mol. The van der Waals surface area contributed by atoms with E-state index in [4.69, 9.17) is 4.74 Å². The van der Waals surface area contributed by atoms with Gasteiger partial charge in [0.25, 0.3) is 0 Å². The second kappa shape index (κ2) is 8.33. The van der Waals surface area contributed by atoms with Gasteiger partial charge in [0.1, 0.15) is 0 Å². The van der Waals surface area contributed by atoms with Crippen LogP contribution in [0.15, 0.2) is 42.5 Å². The van der Waals surface area contributed by atoms with E-state index in [0.29, 0.717) is 12.3 Å². The molecule has 2 aromatic rings. The third kappa shape index (κ3) is 5.39. The summed E-state index contributed by atoms with van der Waals surface area (Å²) >= 11 is 0. The second-order valence-corrected chi connectivity index (χ2v) is 7.91. The summed E-state index contributed by atoms with van der Waals surface area (Å²) in [6, 6.07) is 13.2. The molecule has 0 saturated heterocycles. The molecular formula is C22H30N2O3. The van der Waals surface area contributed by atoms with E-state index in [1.54, 1.807) is 24.1 Å². The number of hydrogen-bond donors (Lipinski definition) is 2. The summed E-state index contributed by atoms with van der Waals surface area (Å²) < 4.78 is 5.04. The minimum absolute atomic E-state index is 0.0658. The lowest BCUT2D eigenvalue weighted by Crippen LogP contribution is -2.38. The van der Waals surface area contributed by atoms with Crippen molar-refractivity contribution in [3.63, 3.8) is 0 Å². The van der Waals surface area contributed by atoms with Gasteiger partial charge in [0, 0.05) is 13.6 Å². The maximum absolute atomic E-state index is 12.5. The first-order valence-electron chi connectivity index (χ1n) is 9.09. The molecule has 0 fully saturated rings. The van der Waals surface area contributed by atoms with E-state index in [1.165, 1.54) is 12.7 Å². The van der Waals surface area contributed by atoms with Gasteiger partial charge in [-0.2, -0.15) is 0 Å². The Bertz CT molecular complexity index is 779. The highest BCUT2D eigenvalue weighted by molar-refractivity contribution is 5.74. The van der Waals surface area contributed by atoms with E-state index < -0.39 is 0 Å². The number of rotatable bonds is 5. The van der Waals surface area contributed by atoms with Crippen LogP contribution in [-0.2, 0) is 12.0 Å². The average molecular weight is 370 g/mol. The maximum Gasteiger partial charge on any atom is 0.317 e. The Morgan fingerprint density at radius 1 is 1.19 bits per heavy atom. The topological polar surface area (TPSA) is 61.8 Å². The summed E-state index contributed by atoms with van der Waals surface area (Å²) in [5.74, 6) is 0.481. The van der Waals surface area contributed by atoms with E-state index >= 15 is 0 Å². The quantitative estimate of drug-likeness (QED) is 0.808. The highest BCUT2D eigenvalue weighted by atomic mass is 16.5. The fourth-order valence-electron chi connectivity index (χ4n) is 2.83. The number of nitrogens with zero attached hydrogens (tertiary/aromatic N) is 1. The van der Waals surface area contributed by atoms with Crippen LogP contribution in [0.4, 0.5) is 4.79 Å². The molecule has 27 heavy (non-hydrogen) atoms. The molecule has 2 aromatic carbocycles. The predicted octanol–water partition coefficient (Wildman–Crippen LogP) is 4.60. The number of phenols is 1. The van der Waals surface area contributed by atoms with Crippen molar-refractivity contribution in [2.24, 2.45) is 0 Å². The molecule has 0 aliphatic heterocycles. The molecule has 0 aliphatic carbocycles. The molecule has 0 aromatic heterocycles. The average Bonchev–Trinajstić information content (AvgIpc) is 2.61. The van der Waals surface area contributed by atoms with Crippen molar-refractivity contribution >= 4 is 6.03 Å². The Morgan fingerprint density at radius 3 is 2.33 bits per heavy atom. The van der Waals surface area contributed by atoms with Gasteiger partial charge in [-0.05, 0) is 41.2 Å². The number of nitrogens with one attached hydrogen (secondary N) is 1. The molecule has 0 bridgehead atoms. The van der Waals surface area contributed by atoms with Gasteiger partial charge >= 0.3 is 6.03 Å². The van der Waals surface area contributed by atoms with Gasteiger partial charge in [-0.3, -0.25) is 0 Å². The Kier molecular flexibility index (Phi) is 6.37. The third-order valence-electron chi connectivity index (χ3n) is 4.63. The van der Waals surface area contributed by atoms with Crippen LogP contribution in [0, 0.1) is 0 Å². The second-order valence-electron chi connectivity index (χ2n) is 7.91. The van der Waals surface area contributed by atoms with Gasteiger partial charge in [-0.1, -0.05) is 51.1 Å². The molecule has 0 spiro atoms. The van der Waals surface area contributed by atoms with E-state index in [9.17, 15) is 9.90 Å². The van der Waals surface area contributed by atoms with Gasteiger partial charge in [0.05, 0.1) is 13.2 Å². The summed E-state index contributed by atoms with van der Waals surface area (Å²) in [7, 11) is 3.23. The lowest BCUT2D eigenvalue weighted by molar-refractivity contribution is 0.203. The summed E-state index contributed by atoms with van der Waals surface area (Å²) in [6.45, 7) is 8.90. The van der Waals surface area contributed by atoms with Gasteiger partial charge in [-0.15, -0.1) is 0 Å². The summed E-state index contributed by atoms with van der Waals surface area (Å²) in [4.78, 5) is 14.1. The Hall–Kier alpha value is -2.69. The smallest absolute Gasteiger partial charge is 0.317 e. The summed E-state index contributed by atoms with van der Waals surface area (Å²) in [5, 5.41) is 12.9. The van der Waals surface area contributed by atoms with Crippen LogP contribution in [0.5, 0.6) is 11.5 Å². The van der Waals surface area contributed by atoms with Crippen LogP contribution in [-0.4, -0.2) is 30.2 Å². The normalized spacial score (nSPS) is 12.4. The minimum Gasteiger partial charge on any atom is -0.504 e. The number of ether oxygens (including phenoxy) is 1. The highest BCUT2D eigenvalue weighted by Gasteiger charge is 2.16. The van der Waals surface area contributed by atoms with Gasteiger partial charge in [-0.25, -0.2) is 4.79 Å². The molecule has 146 valence electrons. The molecule has 1 unspecified atom stereocenters. The van der Waals surface area contributed by atoms with E-state index in [1.807, 2.05) is 13.0 Å². The van der Waals surface area contributed by atoms with Crippen LogP contribution in [0.3, 0.4) is 0 Å². The predicted molar refractivity (Wildman–Crippen MR) is 108 cm³/mol. The molecule has 5 heteroatoms. The highest BCUT2D eigenvalue weighted by Crippen LogP contribution is 2.27. The standard InChI is InChI=1S/C22H30N2O3/c1-15(17-8-10-18(11-9-17)22(2,3)4)23-21(26)24(5)14-16-7-12-20(27-6)19(25)13-16/h7-13,15,25H,14H2,1-6H3,(H,23,26). The lowest BCUT2D eigenvalue weighted by Gasteiger charge is -2.23. The molecule has 2 rings (SSSR count). The Balaban J connectivity index is 1.98. The van der Waals surface area contributed by atoms with Crippen molar-refractivity contribution in [2.45, 2.75) is 45.7 Å². The molecule has 0 heterocycles. The van der Waals surface area contributed by atoms with Crippen molar-refractivity contribution in [1.82, 2.24) is 10.2 Å². The number of benzene rings is 2. The maximum atomic E-state index is 12.5. The number of carbonyl (C=O) groups is 1. The van der Waals surface area contributed by atoms with Gasteiger partial charge in [0.15, 0.2) is 11.5 Å². The van der Waals surface area contributed by atoms with Crippen molar-refractivity contribution in [3.05, 3.63) is 59.2 Å². The first-order chi connectivity index (χ1) is 12.6. The number of aromatic hydroxyl groups is 1. The number of methoxy groups -OCH3 is 1. The van der Waals surface area contributed by atoms with E-state index in [0.717, 1.165) is 11.1 Å². The monoisotopic (exact) mass is 370 g/mol. The van der Waals surface area contributed by atoms with Gasteiger partial charge < -0.3 is 20.1 Å². The van der Waals surface area contributed by atoms with Crippen molar-refractivity contribution in [3.8, 4) is 11.5 Å². The number of phenolic OH excluding ortho intramolecular Hbond substituents is 1. The first-order valence-corrected chi connectivity index (χ1v) is 9.09. The lowest BCUT2D eigenvalue weighted by atomic mass is 9.86. The molecule has 2 N–H and O–H groups in total. The van der Waals surface area contributed by atoms with Crippen molar-refractivity contribution in [1.29, 1.82) is 0 Å². The largest absolute Gasteiger partial charge is 0.504 e. The van der Waals surface area contributed by atoms with Crippen LogP contribution in [0.1, 0.15) is 50.4 Å². The zero-order valence-corrected chi connectivity index (χ0v) is 17.0. The summed E-state index contributed by atoms with van der Waals surface area (Å²) in [6.07, 6.45) is 0. The molecule has 0 radical (unpaired) electrons. The Labute approximate surface area is 162 Å². The van der Waals surface area contributed by atoms with Crippen molar-refractivity contribution < 1.29 is 14.6 Å². The van der Waals surface area contributed by atoms with Crippen LogP contribution >= 0.6 is 0 Å². The molecule has 0 aliphatic rings. The van der Waals surface area contributed by atoms with E-state index in [-0.39, 0.29) is 23.2 Å².